The number of carbonyl (C=O) groups excluding carboxylic acids is 2. The molecule has 0 aromatic carbocycles. The fourth-order valence-corrected chi connectivity index (χ4v) is 2.22. The lowest BCUT2D eigenvalue weighted by molar-refractivity contribution is -0.119. The summed E-state index contributed by atoms with van der Waals surface area (Å²) in [7, 11) is -3.60. The van der Waals surface area contributed by atoms with Gasteiger partial charge in [-0.25, -0.2) is 0 Å². The van der Waals surface area contributed by atoms with Gasteiger partial charge in [0.2, 0.25) is 5.91 Å². The number of nitrogens with one attached hydrogen (secondary N) is 1. The highest BCUT2D eigenvalue weighted by atomic mass is 32.2. The maximum absolute atomic E-state index is 11.5. The Morgan fingerprint density at radius 2 is 2.00 bits per heavy atom. The predicted octanol–water partition coefficient (Wildman–Crippen LogP) is 0.474. The number of aldehydes is 1. The van der Waals surface area contributed by atoms with Crippen molar-refractivity contribution in [2.24, 2.45) is 5.41 Å². The summed E-state index contributed by atoms with van der Waals surface area (Å²) in [6, 6.07) is 0. The predicted molar refractivity (Wildman–Crippen MR) is 67.5 cm³/mol. The van der Waals surface area contributed by atoms with Gasteiger partial charge in [0.15, 0.2) is 0 Å². The van der Waals surface area contributed by atoms with Crippen molar-refractivity contribution in [3.8, 4) is 0 Å². The first kappa shape index (κ1) is 17.1. The van der Waals surface area contributed by atoms with E-state index in [-0.39, 0.29) is 24.7 Å². The Morgan fingerprint density at radius 3 is 2.50 bits per heavy atom. The van der Waals surface area contributed by atoms with Gasteiger partial charge in [0.1, 0.15) is 6.29 Å². The number of carbonyl (C=O) groups is 2. The van der Waals surface area contributed by atoms with Crippen LogP contribution in [-0.4, -0.2) is 39.5 Å². The molecule has 18 heavy (non-hydrogen) atoms. The zero-order valence-electron chi connectivity index (χ0n) is 11.1. The van der Waals surface area contributed by atoms with E-state index in [9.17, 15) is 18.0 Å². The number of rotatable bonds is 9. The third kappa shape index (κ3) is 9.12. The summed E-state index contributed by atoms with van der Waals surface area (Å²) in [6.45, 7) is 5.17. The molecule has 0 saturated heterocycles. The molecule has 0 fully saturated rings. The molecule has 1 N–H and O–H groups in total. The first-order chi connectivity index (χ1) is 8.18. The van der Waals surface area contributed by atoms with Crippen molar-refractivity contribution in [3.05, 3.63) is 0 Å². The number of amides is 1. The van der Waals surface area contributed by atoms with Gasteiger partial charge in [-0.1, -0.05) is 13.8 Å². The van der Waals surface area contributed by atoms with Gasteiger partial charge in [0, 0.05) is 19.9 Å². The Morgan fingerprint density at radius 1 is 1.39 bits per heavy atom. The molecular formula is C11H21NO5S. The van der Waals surface area contributed by atoms with E-state index >= 15 is 0 Å². The monoisotopic (exact) mass is 279 g/mol. The minimum atomic E-state index is -3.60. The quantitative estimate of drug-likeness (QED) is 0.376. The van der Waals surface area contributed by atoms with Crippen LogP contribution in [0.25, 0.3) is 0 Å². The van der Waals surface area contributed by atoms with E-state index in [0.717, 1.165) is 6.29 Å². The highest BCUT2D eigenvalue weighted by Gasteiger charge is 2.21. The maximum Gasteiger partial charge on any atom is 0.267 e. The normalized spacial score (nSPS) is 12.2. The molecule has 0 aliphatic rings. The molecule has 1 amide bonds. The van der Waals surface area contributed by atoms with Crippen molar-refractivity contribution < 1.29 is 22.2 Å². The van der Waals surface area contributed by atoms with Crippen LogP contribution in [0.2, 0.25) is 0 Å². The summed E-state index contributed by atoms with van der Waals surface area (Å²) in [5, 5.41) is 2.51. The molecule has 0 atom stereocenters. The average molecular weight is 279 g/mol. The lowest BCUT2D eigenvalue weighted by Gasteiger charge is -2.20. The van der Waals surface area contributed by atoms with Crippen LogP contribution in [0.1, 0.15) is 33.6 Å². The van der Waals surface area contributed by atoms with E-state index in [4.69, 9.17) is 4.18 Å². The van der Waals surface area contributed by atoms with Crippen LogP contribution >= 0.6 is 0 Å². The minimum Gasteiger partial charge on any atom is -0.356 e. The van der Waals surface area contributed by atoms with Gasteiger partial charge < -0.3 is 10.1 Å². The van der Waals surface area contributed by atoms with Crippen LogP contribution < -0.4 is 5.32 Å². The third-order valence-electron chi connectivity index (χ3n) is 2.21. The molecule has 0 aliphatic heterocycles. The summed E-state index contributed by atoms with van der Waals surface area (Å²) in [4.78, 5) is 20.9. The summed E-state index contributed by atoms with van der Waals surface area (Å²) in [5.41, 5.74) is -0.494. The van der Waals surface area contributed by atoms with E-state index in [0.29, 0.717) is 13.0 Å². The Bertz CT molecular complexity index is 375. The molecule has 0 bridgehead atoms. The van der Waals surface area contributed by atoms with Crippen molar-refractivity contribution in [1.29, 1.82) is 0 Å². The van der Waals surface area contributed by atoms with Gasteiger partial charge in [-0.15, -0.1) is 0 Å². The first-order valence-corrected chi connectivity index (χ1v) is 7.31. The van der Waals surface area contributed by atoms with Crippen molar-refractivity contribution in [3.63, 3.8) is 0 Å². The van der Waals surface area contributed by atoms with Crippen molar-refractivity contribution in [1.82, 2.24) is 5.32 Å². The molecule has 0 rings (SSSR count). The van der Waals surface area contributed by atoms with Crippen molar-refractivity contribution in [2.75, 3.05) is 18.9 Å². The van der Waals surface area contributed by atoms with Gasteiger partial charge in [-0.2, -0.15) is 8.42 Å². The molecule has 0 heterocycles. The first-order valence-electron chi connectivity index (χ1n) is 5.74. The molecule has 0 aromatic rings. The molecule has 6 nitrogen and oxygen atoms in total. The standard InChI is InChI=1S/C11H21NO5S/c1-10(14)12-6-4-8-18(15,16)17-9-11(2,3)5-7-13/h7H,4-6,8-9H2,1-3H3,(H,12,14). The molecule has 0 radical (unpaired) electrons. The fourth-order valence-electron chi connectivity index (χ4n) is 1.11. The van der Waals surface area contributed by atoms with Crippen molar-refractivity contribution >= 4 is 22.3 Å². The average Bonchev–Trinajstić information content (AvgIpc) is 2.22. The van der Waals surface area contributed by atoms with Gasteiger partial charge in [-0.05, 0) is 11.8 Å². The molecular weight excluding hydrogens is 258 g/mol. The zero-order valence-corrected chi connectivity index (χ0v) is 11.9. The van der Waals surface area contributed by atoms with E-state index in [1.807, 2.05) is 0 Å². The van der Waals surface area contributed by atoms with Crippen LogP contribution in [0.3, 0.4) is 0 Å². The molecule has 0 aliphatic carbocycles. The Hall–Kier alpha value is -0.950. The zero-order chi connectivity index (χ0) is 14.2. The fraction of sp³-hybridized carbons (Fsp3) is 0.818. The molecule has 0 spiro atoms. The summed E-state index contributed by atoms with van der Waals surface area (Å²) >= 11 is 0. The second-order valence-electron chi connectivity index (χ2n) is 4.90. The SMILES string of the molecule is CC(=O)NCCCS(=O)(=O)OCC(C)(C)CC=O. The maximum atomic E-state index is 11.5. The van der Waals surface area contributed by atoms with E-state index in [2.05, 4.69) is 5.32 Å². The smallest absolute Gasteiger partial charge is 0.267 e. The van der Waals surface area contributed by atoms with Gasteiger partial charge >= 0.3 is 0 Å². The molecule has 7 heteroatoms. The van der Waals surface area contributed by atoms with Crippen LogP contribution in [0.5, 0.6) is 0 Å². The lowest BCUT2D eigenvalue weighted by atomic mass is 9.92. The van der Waals surface area contributed by atoms with Gasteiger partial charge in [-0.3, -0.25) is 8.98 Å². The highest BCUT2D eigenvalue weighted by Crippen LogP contribution is 2.20. The van der Waals surface area contributed by atoms with Crippen LogP contribution in [-0.2, 0) is 23.9 Å². The topological polar surface area (TPSA) is 89.5 Å². The Balaban J connectivity index is 4.01. The molecule has 0 saturated carbocycles. The van der Waals surface area contributed by atoms with Crippen LogP contribution in [0, 0.1) is 5.41 Å². The second-order valence-corrected chi connectivity index (χ2v) is 6.65. The number of hydrogen-bond acceptors (Lipinski definition) is 5. The molecule has 0 aromatic heterocycles. The molecule has 0 unspecified atom stereocenters. The van der Waals surface area contributed by atoms with E-state index in [1.54, 1.807) is 13.8 Å². The van der Waals surface area contributed by atoms with E-state index < -0.39 is 15.5 Å². The summed E-state index contributed by atoms with van der Waals surface area (Å²) in [6.07, 6.45) is 1.29. The second kappa shape index (κ2) is 7.48. The Kier molecular flexibility index (Phi) is 7.08. The summed E-state index contributed by atoms with van der Waals surface area (Å²) < 4.78 is 27.9. The van der Waals surface area contributed by atoms with Crippen LogP contribution in [0.4, 0.5) is 0 Å². The van der Waals surface area contributed by atoms with Gasteiger partial charge in [0.05, 0.1) is 12.4 Å². The van der Waals surface area contributed by atoms with Crippen molar-refractivity contribution in [2.45, 2.75) is 33.6 Å². The summed E-state index contributed by atoms with van der Waals surface area (Å²) in [5.74, 6) is -0.342. The van der Waals surface area contributed by atoms with Gasteiger partial charge in [0.25, 0.3) is 10.1 Å². The van der Waals surface area contributed by atoms with E-state index in [1.165, 1.54) is 6.92 Å². The Labute approximate surface area is 108 Å². The lowest BCUT2D eigenvalue weighted by Crippen LogP contribution is -2.26. The molecule has 106 valence electrons. The van der Waals surface area contributed by atoms with Crippen LogP contribution in [0.15, 0.2) is 0 Å². The number of hydrogen-bond donors (Lipinski definition) is 1. The largest absolute Gasteiger partial charge is 0.356 e. The third-order valence-corrected chi connectivity index (χ3v) is 3.48. The highest BCUT2D eigenvalue weighted by molar-refractivity contribution is 7.86. The minimum absolute atomic E-state index is 0.0196.